The van der Waals surface area contributed by atoms with Crippen molar-refractivity contribution < 1.29 is 0 Å². The summed E-state index contributed by atoms with van der Waals surface area (Å²) in [4.78, 5) is 6.44. The topological polar surface area (TPSA) is 28.2 Å². The highest BCUT2D eigenvalue weighted by atomic mass is 35.5. The van der Waals surface area contributed by atoms with Crippen molar-refractivity contribution in [1.82, 2.24) is 4.98 Å². The first-order valence-electron chi connectivity index (χ1n) is 4.30. The molecule has 0 aromatic carbocycles. The van der Waals surface area contributed by atoms with Crippen LogP contribution in [0.25, 0.3) is 0 Å². The summed E-state index contributed by atoms with van der Waals surface area (Å²) in [6, 6.07) is 2.38. The van der Waals surface area contributed by atoms with Gasteiger partial charge >= 0.3 is 0 Å². The van der Waals surface area contributed by atoms with Gasteiger partial charge in [-0.3, -0.25) is 0 Å². The van der Waals surface area contributed by atoms with E-state index >= 15 is 0 Å². The zero-order valence-corrected chi connectivity index (χ0v) is 8.47. The molecule has 70 valence electrons. The first-order chi connectivity index (χ1) is 6.18. The van der Waals surface area contributed by atoms with Crippen molar-refractivity contribution in [3.05, 3.63) is 17.3 Å². The first-order valence-corrected chi connectivity index (χ1v) is 4.68. The minimum Gasteiger partial charge on any atom is -0.380 e. The second-order valence-electron chi connectivity index (χ2n) is 3.37. The van der Waals surface area contributed by atoms with Crippen LogP contribution in [0.3, 0.4) is 0 Å². The number of hydrogen-bond acceptors (Lipinski definition) is 3. The summed E-state index contributed by atoms with van der Waals surface area (Å²) in [5, 5.41) is 3.97. The molecule has 1 aliphatic heterocycles. The van der Waals surface area contributed by atoms with Crippen LogP contribution in [0.15, 0.2) is 12.3 Å². The highest BCUT2D eigenvalue weighted by Gasteiger charge is 2.20. The van der Waals surface area contributed by atoms with Gasteiger partial charge in [-0.15, -0.1) is 0 Å². The zero-order chi connectivity index (χ0) is 9.42. The average molecular weight is 198 g/mol. The Kier molecular flexibility index (Phi) is 2.04. The summed E-state index contributed by atoms with van der Waals surface area (Å²) < 4.78 is 0. The second-order valence-corrected chi connectivity index (χ2v) is 3.80. The largest absolute Gasteiger partial charge is 0.380 e. The third kappa shape index (κ3) is 1.44. The van der Waals surface area contributed by atoms with Gasteiger partial charge in [0.25, 0.3) is 0 Å². The number of fused-ring (bicyclic) bond motifs is 1. The van der Waals surface area contributed by atoms with E-state index in [0.29, 0.717) is 11.1 Å². The average Bonchev–Trinajstić information content (AvgIpc) is 2.12. The quantitative estimate of drug-likeness (QED) is 0.690. The number of likely N-dealkylation sites (N-methyl/N-ethyl adjacent to an activating group) is 1. The van der Waals surface area contributed by atoms with E-state index in [9.17, 15) is 0 Å². The lowest BCUT2D eigenvalue weighted by molar-refractivity contribution is 0.689. The van der Waals surface area contributed by atoms with Gasteiger partial charge in [0.15, 0.2) is 5.82 Å². The Labute approximate surface area is 82.7 Å². The van der Waals surface area contributed by atoms with E-state index in [-0.39, 0.29) is 0 Å². The molecule has 0 fully saturated rings. The number of hydrogen-bond donors (Lipinski definition) is 1. The molecule has 1 unspecified atom stereocenters. The van der Waals surface area contributed by atoms with Gasteiger partial charge in [-0.05, 0) is 13.0 Å². The first kappa shape index (κ1) is 8.63. The van der Waals surface area contributed by atoms with Crippen LogP contribution in [0.4, 0.5) is 11.5 Å². The van der Waals surface area contributed by atoms with E-state index in [4.69, 9.17) is 11.6 Å². The SMILES string of the molecule is CC1CNc2cc(Cl)cnc2N1C. The smallest absolute Gasteiger partial charge is 0.152 e. The van der Waals surface area contributed by atoms with E-state index in [0.717, 1.165) is 18.1 Å². The van der Waals surface area contributed by atoms with Crippen LogP contribution in [0.1, 0.15) is 6.92 Å². The van der Waals surface area contributed by atoms with Crippen molar-refractivity contribution in [2.45, 2.75) is 13.0 Å². The Bertz CT molecular complexity index is 327. The monoisotopic (exact) mass is 197 g/mol. The minimum absolute atomic E-state index is 0.473. The van der Waals surface area contributed by atoms with E-state index in [1.165, 1.54) is 0 Å². The molecule has 1 atom stereocenters. The lowest BCUT2D eigenvalue weighted by atomic mass is 10.2. The predicted octanol–water partition coefficient (Wildman–Crippen LogP) is 1.99. The number of anilines is 2. The van der Waals surface area contributed by atoms with Crippen molar-refractivity contribution in [2.75, 3.05) is 23.8 Å². The lowest BCUT2D eigenvalue weighted by Crippen LogP contribution is -2.39. The van der Waals surface area contributed by atoms with Crippen LogP contribution in [0, 0.1) is 0 Å². The van der Waals surface area contributed by atoms with Crippen LogP contribution in [-0.2, 0) is 0 Å². The summed E-state index contributed by atoms with van der Waals surface area (Å²) >= 11 is 5.84. The molecular formula is C9H12ClN3. The molecule has 0 spiro atoms. The maximum absolute atomic E-state index is 5.84. The van der Waals surface area contributed by atoms with Gasteiger partial charge in [0.2, 0.25) is 0 Å². The van der Waals surface area contributed by atoms with Crippen LogP contribution in [0.5, 0.6) is 0 Å². The highest BCUT2D eigenvalue weighted by molar-refractivity contribution is 6.30. The molecule has 0 radical (unpaired) electrons. The summed E-state index contributed by atoms with van der Waals surface area (Å²) in [5.41, 5.74) is 1.02. The van der Waals surface area contributed by atoms with E-state index in [1.807, 2.05) is 13.1 Å². The second kappa shape index (κ2) is 3.07. The Morgan fingerprint density at radius 2 is 2.46 bits per heavy atom. The molecule has 1 aromatic rings. The molecule has 1 N–H and O–H groups in total. The van der Waals surface area contributed by atoms with Crippen LogP contribution < -0.4 is 10.2 Å². The van der Waals surface area contributed by atoms with Gasteiger partial charge in [-0.2, -0.15) is 0 Å². The molecule has 1 aliphatic rings. The third-order valence-corrected chi connectivity index (χ3v) is 2.62. The highest BCUT2D eigenvalue weighted by Crippen LogP contribution is 2.29. The van der Waals surface area contributed by atoms with Gasteiger partial charge in [0, 0.05) is 25.8 Å². The lowest BCUT2D eigenvalue weighted by Gasteiger charge is -2.33. The number of pyridine rings is 1. The van der Waals surface area contributed by atoms with Crippen molar-refractivity contribution in [3.8, 4) is 0 Å². The molecule has 3 nitrogen and oxygen atoms in total. The fourth-order valence-electron chi connectivity index (χ4n) is 1.45. The summed E-state index contributed by atoms with van der Waals surface area (Å²) in [7, 11) is 2.05. The minimum atomic E-state index is 0.473. The summed E-state index contributed by atoms with van der Waals surface area (Å²) in [6.45, 7) is 3.09. The molecule has 13 heavy (non-hydrogen) atoms. The maximum atomic E-state index is 5.84. The van der Waals surface area contributed by atoms with E-state index in [1.54, 1.807) is 6.20 Å². The Balaban J connectivity index is 2.44. The zero-order valence-electron chi connectivity index (χ0n) is 7.71. The Hall–Kier alpha value is -0.960. The van der Waals surface area contributed by atoms with E-state index < -0.39 is 0 Å². The van der Waals surface area contributed by atoms with E-state index in [2.05, 4.69) is 22.1 Å². The molecule has 1 aromatic heterocycles. The normalized spacial score (nSPS) is 20.8. The molecule has 0 bridgehead atoms. The predicted molar refractivity (Wildman–Crippen MR) is 55.6 cm³/mol. The van der Waals surface area contributed by atoms with Crippen molar-refractivity contribution in [3.63, 3.8) is 0 Å². The van der Waals surface area contributed by atoms with Crippen LogP contribution in [-0.4, -0.2) is 24.6 Å². The van der Waals surface area contributed by atoms with Gasteiger partial charge in [-0.25, -0.2) is 4.98 Å². The van der Waals surface area contributed by atoms with Gasteiger partial charge < -0.3 is 10.2 Å². The number of aromatic nitrogens is 1. The van der Waals surface area contributed by atoms with Crippen molar-refractivity contribution >= 4 is 23.1 Å². The fraction of sp³-hybridized carbons (Fsp3) is 0.444. The molecule has 0 saturated heterocycles. The van der Waals surface area contributed by atoms with Crippen molar-refractivity contribution in [1.29, 1.82) is 0 Å². The van der Waals surface area contributed by atoms with Crippen LogP contribution in [0.2, 0.25) is 5.02 Å². The van der Waals surface area contributed by atoms with Gasteiger partial charge in [0.1, 0.15) is 0 Å². The summed E-state index contributed by atoms with van der Waals surface area (Å²) in [6.07, 6.45) is 1.68. The number of nitrogens with one attached hydrogen (secondary N) is 1. The molecule has 2 rings (SSSR count). The molecular weight excluding hydrogens is 186 g/mol. The maximum Gasteiger partial charge on any atom is 0.152 e. The molecule has 0 amide bonds. The van der Waals surface area contributed by atoms with Gasteiger partial charge in [0.05, 0.1) is 10.7 Å². The number of nitrogens with zero attached hydrogens (tertiary/aromatic N) is 2. The number of halogens is 1. The van der Waals surface area contributed by atoms with Gasteiger partial charge in [-0.1, -0.05) is 11.6 Å². The standard InChI is InChI=1S/C9H12ClN3/c1-6-4-11-8-3-7(10)5-12-9(8)13(6)2/h3,5-6,11H,4H2,1-2H3. The molecule has 4 heteroatoms. The molecule has 0 aliphatic carbocycles. The Morgan fingerprint density at radius 1 is 1.69 bits per heavy atom. The third-order valence-electron chi connectivity index (χ3n) is 2.42. The molecule has 2 heterocycles. The van der Waals surface area contributed by atoms with Crippen LogP contribution >= 0.6 is 11.6 Å². The summed E-state index contributed by atoms with van der Waals surface area (Å²) in [5.74, 6) is 0.975. The fourth-order valence-corrected chi connectivity index (χ4v) is 1.60. The van der Waals surface area contributed by atoms with Crippen molar-refractivity contribution in [2.24, 2.45) is 0 Å². The number of rotatable bonds is 0. The molecule has 0 saturated carbocycles. The Morgan fingerprint density at radius 3 is 3.23 bits per heavy atom.